The largest absolute Gasteiger partial charge is 0.461 e. The molecule has 0 aliphatic heterocycles. The predicted molar refractivity (Wildman–Crippen MR) is 124 cm³/mol. The molecule has 32 heavy (non-hydrogen) atoms. The van der Waals surface area contributed by atoms with E-state index < -0.39 is 5.97 Å². The average molecular weight is 423 g/mol. The number of terminal acetylenes is 1. The molecule has 1 aromatic heterocycles. The standard InChI is InChI=1S/C26H21N3O3/c1-3-15-27-25(30)19-11-13-22(14-12-19)29-24(17-23(28-29)26(31)32-4-2)21-10-9-18-7-5-6-8-20(18)16-21/h1,5-14,16-17H,4,15H2,2H3,(H,27,30). The summed E-state index contributed by atoms with van der Waals surface area (Å²) >= 11 is 0. The molecule has 158 valence electrons. The van der Waals surface area contributed by atoms with Crippen LogP contribution in [0.5, 0.6) is 0 Å². The number of nitrogens with zero attached hydrogens (tertiary/aromatic N) is 2. The van der Waals surface area contributed by atoms with Gasteiger partial charge in [0.2, 0.25) is 0 Å². The second kappa shape index (κ2) is 9.19. The van der Waals surface area contributed by atoms with Crippen molar-refractivity contribution in [3.05, 3.63) is 84.1 Å². The van der Waals surface area contributed by atoms with E-state index in [4.69, 9.17) is 11.2 Å². The second-order valence-electron chi connectivity index (χ2n) is 7.04. The van der Waals surface area contributed by atoms with E-state index in [2.05, 4.69) is 22.4 Å². The molecule has 0 saturated heterocycles. The van der Waals surface area contributed by atoms with Crippen LogP contribution in [-0.2, 0) is 4.74 Å². The second-order valence-corrected chi connectivity index (χ2v) is 7.04. The highest BCUT2D eigenvalue weighted by atomic mass is 16.5. The number of nitrogens with one attached hydrogen (secondary N) is 1. The Bertz CT molecular complexity index is 1330. The van der Waals surface area contributed by atoms with Gasteiger partial charge in [-0.1, -0.05) is 42.3 Å². The molecule has 0 saturated carbocycles. The molecule has 1 N–H and O–H groups in total. The third kappa shape index (κ3) is 4.23. The highest BCUT2D eigenvalue weighted by Gasteiger charge is 2.18. The van der Waals surface area contributed by atoms with Crippen molar-refractivity contribution >= 4 is 22.6 Å². The lowest BCUT2D eigenvalue weighted by atomic mass is 10.0. The molecule has 6 heteroatoms. The first-order valence-corrected chi connectivity index (χ1v) is 10.2. The highest BCUT2D eigenvalue weighted by Crippen LogP contribution is 2.28. The number of hydrogen-bond acceptors (Lipinski definition) is 4. The van der Waals surface area contributed by atoms with E-state index in [-0.39, 0.29) is 24.8 Å². The van der Waals surface area contributed by atoms with Crippen molar-refractivity contribution in [3.8, 4) is 29.3 Å². The summed E-state index contributed by atoms with van der Waals surface area (Å²) in [5.41, 5.74) is 3.04. The molecule has 6 nitrogen and oxygen atoms in total. The lowest BCUT2D eigenvalue weighted by Crippen LogP contribution is -2.23. The summed E-state index contributed by atoms with van der Waals surface area (Å²) in [4.78, 5) is 24.5. The maximum Gasteiger partial charge on any atom is 0.358 e. The number of hydrogen-bond donors (Lipinski definition) is 1. The summed E-state index contributed by atoms with van der Waals surface area (Å²) in [5.74, 6) is 1.64. The van der Waals surface area contributed by atoms with Crippen LogP contribution in [0.2, 0.25) is 0 Å². The van der Waals surface area contributed by atoms with Gasteiger partial charge in [-0.25, -0.2) is 9.48 Å². The zero-order valence-electron chi connectivity index (χ0n) is 17.5. The molecule has 3 aromatic carbocycles. The van der Waals surface area contributed by atoms with Gasteiger partial charge in [0, 0.05) is 11.1 Å². The Balaban J connectivity index is 1.77. The molecule has 4 rings (SSSR count). The monoisotopic (exact) mass is 423 g/mol. The molecular formula is C26H21N3O3. The van der Waals surface area contributed by atoms with Crippen LogP contribution in [0, 0.1) is 12.3 Å². The lowest BCUT2D eigenvalue weighted by molar-refractivity contribution is 0.0519. The van der Waals surface area contributed by atoms with Crippen molar-refractivity contribution < 1.29 is 14.3 Å². The van der Waals surface area contributed by atoms with Gasteiger partial charge in [-0.15, -0.1) is 6.42 Å². The number of carbonyl (C=O) groups excluding carboxylic acids is 2. The van der Waals surface area contributed by atoms with Gasteiger partial charge < -0.3 is 10.1 Å². The van der Waals surface area contributed by atoms with Crippen LogP contribution in [0.25, 0.3) is 27.7 Å². The predicted octanol–water partition coefficient (Wildman–Crippen LogP) is 4.23. The summed E-state index contributed by atoms with van der Waals surface area (Å²) in [6.07, 6.45) is 5.20. The van der Waals surface area contributed by atoms with E-state index in [1.54, 1.807) is 41.9 Å². The van der Waals surface area contributed by atoms with Crippen LogP contribution >= 0.6 is 0 Å². The number of ether oxygens (including phenoxy) is 1. The Kier molecular flexibility index (Phi) is 6.00. The minimum absolute atomic E-state index is 0.161. The third-order valence-electron chi connectivity index (χ3n) is 4.96. The summed E-state index contributed by atoms with van der Waals surface area (Å²) in [6, 6.07) is 22.8. The molecule has 0 unspecified atom stereocenters. The maximum atomic E-state index is 12.4. The number of fused-ring (bicyclic) bond motifs is 1. The number of carbonyl (C=O) groups is 2. The first-order valence-electron chi connectivity index (χ1n) is 10.2. The van der Waals surface area contributed by atoms with Gasteiger partial charge in [0.1, 0.15) is 0 Å². The number of amides is 1. The minimum Gasteiger partial charge on any atom is -0.461 e. The van der Waals surface area contributed by atoms with Gasteiger partial charge in [-0.05, 0) is 54.1 Å². The van der Waals surface area contributed by atoms with Gasteiger partial charge in [-0.3, -0.25) is 4.79 Å². The first kappa shape index (κ1) is 20.9. The maximum absolute atomic E-state index is 12.4. The van der Waals surface area contributed by atoms with Crippen molar-refractivity contribution in [2.45, 2.75) is 6.92 Å². The van der Waals surface area contributed by atoms with Crippen LogP contribution in [0.15, 0.2) is 72.8 Å². The number of rotatable bonds is 6. The van der Waals surface area contributed by atoms with Crippen LogP contribution in [0.4, 0.5) is 0 Å². The quantitative estimate of drug-likeness (QED) is 0.372. The Morgan fingerprint density at radius 1 is 1.03 bits per heavy atom. The van der Waals surface area contributed by atoms with E-state index in [0.29, 0.717) is 11.3 Å². The SMILES string of the molecule is C#CCNC(=O)c1ccc(-n2nc(C(=O)OCC)cc2-c2ccc3ccccc3c2)cc1. The van der Waals surface area contributed by atoms with Crippen molar-refractivity contribution in [2.24, 2.45) is 0 Å². The van der Waals surface area contributed by atoms with Crippen molar-refractivity contribution in [1.29, 1.82) is 0 Å². The van der Waals surface area contributed by atoms with Crippen LogP contribution < -0.4 is 5.32 Å². The molecule has 0 atom stereocenters. The van der Waals surface area contributed by atoms with Crippen LogP contribution in [0.3, 0.4) is 0 Å². The molecule has 1 heterocycles. The Hall–Kier alpha value is -4.37. The summed E-state index contributed by atoms with van der Waals surface area (Å²) < 4.78 is 6.82. The average Bonchev–Trinajstić information content (AvgIpc) is 3.28. The fourth-order valence-corrected chi connectivity index (χ4v) is 3.42. The number of aromatic nitrogens is 2. The minimum atomic E-state index is -0.487. The van der Waals surface area contributed by atoms with Gasteiger partial charge in [-0.2, -0.15) is 5.10 Å². The molecule has 1 amide bonds. The van der Waals surface area contributed by atoms with Crippen molar-refractivity contribution in [3.63, 3.8) is 0 Å². The van der Waals surface area contributed by atoms with E-state index in [1.807, 2.05) is 36.4 Å². The van der Waals surface area contributed by atoms with E-state index in [1.165, 1.54) is 0 Å². The number of esters is 1. The Morgan fingerprint density at radius 2 is 1.78 bits per heavy atom. The Morgan fingerprint density at radius 3 is 2.50 bits per heavy atom. The van der Waals surface area contributed by atoms with E-state index in [9.17, 15) is 9.59 Å². The van der Waals surface area contributed by atoms with Gasteiger partial charge in [0.25, 0.3) is 5.91 Å². The molecule has 0 aliphatic rings. The van der Waals surface area contributed by atoms with Crippen molar-refractivity contribution in [1.82, 2.24) is 15.1 Å². The van der Waals surface area contributed by atoms with Gasteiger partial charge in [0.15, 0.2) is 5.69 Å². The zero-order chi connectivity index (χ0) is 22.5. The molecule has 0 bridgehead atoms. The fraction of sp³-hybridized carbons (Fsp3) is 0.115. The summed E-state index contributed by atoms with van der Waals surface area (Å²) in [6.45, 7) is 2.18. The van der Waals surface area contributed by atoms with Crippen LogP contribution in [-0.4, -0.2) is 34.8 Å². The van der Waals surface area contributed by atoms with E-state index in [0.717, 1.165) is 22.0 Å². The molecule has 0 radical (unpaired) electrons. The van der Waals surface area contributed by atoms with Crippen molar-refractivity contribution in [2.75, 3.05) is 13.2 Å². The smallest absolute Gasteiger partial charge is 0.358 e. The lowest BCUT2D eigenvalue weighted by Gasteiger charge is -2.09. The summed E-state index contributed by atoms with van der Waals surface area (Å²) in [5, 5.41) is 9.33. The molecule has 4 aromatic rings. The zero-order valence-corrected chi connectivity index (χ0v) is 17.5. The normalized spacial score (nSPS) is 10.5. The molecule has 0 aliphatic carbocycles. The fourth-order valence-electron chi connectivity index (χ4n) is 3.42. The first-order chi connectivity index (χ1) is 15.6. The van der Waals surface area contributed by atoms with Gasteiger partial charge in [0.05, 0.1) is 24.5 Å². The topological polar surface area (TPSA) is 73.2 Å². The van der Waals surface area contributed by atoms with Gasteiger partial charge >= 0.3 is 5.97 Å². The third-order valence-corrected chi connectivity index (χ3v) is 4.96. The number of benzene rings is 3. The van der Waals surface area contributed by atoms with E-state index >= 15 is 0 Å². The van der Waals surface area contributed by atoms with Crippen LogP contribution in [0.1, 0.15) is 27.8 Å². The Labute approximate surface area is 185 Å². The molecular weight excluding hydrogens is 402 g/mol. The molecule has 0 fully saturated rings. The molecule has 0 spiro atoms. The summed E-state index contributed by atoms with van der Waals surface area (Å²) in [7, 11) is 0. The highest BCUT2D eigenvalue weighted by molar-refractivity contribution is 5.94.